The molecule has 252 valence electrons. The number of carbonyl (C=O) groups is 2. The highest BCUT2D eigenvalue weighted by molar-refractivity contribution is 7.89. The van der Waals surface area contributed by atoms with E-state index in [0.717, 1.165) is 42.6 Å². The van der Waals surface area contributed by atoms with Crippen LogP contribution >= 0.6 is 11.6 Å². The number of methoxy groups -OCH3 is 1. The van der Waals surface area contributed by atoms with Crippen LogP contribution in [0.15, 0.2) is 42.5 Å². The van der Waals surface area contributed by atoms with Gasteiger partial charge in [-0.2, -0.15) is 4.31 Å². The number of ether oxygens (including phenoxy) is 1. The van der Waals surface area contributed by atoms with Gasteiger partial charge in [-0.3, -0.25) is 9.69 Å². The number of sulfonamides is 1. The average Bonchev–Trinajstić information content (AvgIpc) is 3.15. The lowest BCUT2D eigenvalue weighted by atomic mass is 9.72. The van der Waals surface area contributed by atoms with Crippen molar-refractivity contribution in [2.45, 2.75) is 81.5 Å². The first-order valence-corrected chi connectivity index (χ1v) is 18.0. The van der Waals surface area contributed by atoms with Crippen molar-refractivity contribution in [3.8, 4) is 0 Å². The number of carboxylic acid groups (broad SMARTS) is 1. The van der Waals surface area contributed by atoms with Crippen LogP contribution in [0.2, 0.25) is 5.02 Å². The van der Waals surface area contributed by atoms with E-state index in [0.29, 0.717) is 31.0 Å². The Bertz CT molecular complexity index is 1490. The topological polar surface area (TPSA) is 128 Å². The van der Waals surface area contributed by atoms with Crippen LogP contribution in [0.3, 0.4) is 0 Å². The fraction of sp³-hybridized carbons (Fsp3) is 0.576. The number of anilines is 1. The molecule has 0 aromatic heterocycles. The summed E-state index contributed by atoms with van der Waals surface area (Å²) in [6, 6.07) is 10.2. The number of piperazine rings is 1. The Balaban J connectivity index is 1.42. The zero-order valence-electron chi connectivity index (χ0n) is 26.3. The van der Waals surface area contributed by atoms with Crippen LogP contribution in [0, 0.1) is 11.7 Å². The molecule has 2 aromatic rings. The van der Waals surface area contributed by atoms with E-state index in [1.807, 2.05) is 12.1 Å². The summed E-state index contributed by atoms with van der Waals surface area (Å²) in [5.74, 6) is -1.50. The minimum absolute atomic E-state index is 0.0182. The minimum atomic E-state index is -3.42. The summed E-state index contributed by atoms with van der Waals surface area (Å²) in [5.41, 5.74) is 1.29. The lowest BCUT2D eigenvalue weighted by Gasteiger charge is -2.40. The van der Waals surface area contributed by atoms with E-state index in [-0.39, 0.29) is 47.5 Å². The summed E-state index contributed by atoms with van der Waals surface area (Å²) < 4.78 is 48.5. The fourth-order valence-electron chi connectivity index (χ4n) is 7.47. The maximum atomic E-state index is 15.4. The van der Waals surface area contributed by atoms with Gasteiger partial charge in [0.2, 0.25) is 15.9 Å². The van der Waals surface area contributed by atoms with Gasteiger partial charge in [-0.15, -0.1) is 0 Å². The van der Waals surface area contributed by atoms with E-state index in [9.17, 15) is 23.1 Å². The molecule has 0 radical (unpaired) electrons. The van der Waals surface area contributed by atoms with Gasteiger partial charge < -0.3 is 20.5 Å². The van der Waals surface area contributed by atoms with E-state index in [1.54, 1.807) is 29.6 Å². The van der Waals surface area contributed by atoms with Crippen LogP contribution in [0.1, 0.15) is 62.0 Å². The minimum Gasteiger partial charge on any atom is -0.465 e. The van der Waals surface area contributed by atoms with Crippen LogP contribution in [-0.4, -0.2) is 92.0 Å². The molecule has 2 saturated heterocycles. The third-order valence-corrected chi connectivity index (χ3v) is 12.2. The quantitative estimate of drug-likeness (QED) is 0.320. The maximum Gasteiger partial charge on any atom is 0.407 e. The molecule has 1 aliphatic carbocycles. The summed E-state index contributed by atoms with van der Waals surface area (Å²) in [4.78, 5) is 27.7. The predicted molar refractivity (Wildman–Crippen MR) is 175 cm³/mol. The van der Waals surface area contributed by atoms with Crippen LogP contribution in [0.25, 0.3) is 0 Å². The van der Waals surface area contributed by atoms with Crippen molar-refractivity contribution in [2.24, 2.45) is 5.92 Å². The number of halogens is 2. The lowest BCUT2D eigenvalue weighted by Crippen LogP contribution is -2.57. The largest absolute Gasteiger partial charge is 0.465 e. The number of benzene rings is 2. The number of nitrogens with zero attached hydrogens (tertiary/aromatic N) is 2. The Labute approximate surface area is 275 Å². The van der Waals surface area contributed by atoms with Crippen molar-refractivity contribution < 1.29 is 32.2 Å². The van der Waals surface area contributed by atoms with E-state index in [1.165, 1.54) is 19.2 Å². The van der Waals surface area contributed by atoms with Crippen molar-refractivity contribution in [3.05, 3.63) is 64.4 Å². The SMILES string of the molecule is COC1CCC([C@H](c2ccc(Cl)cc2)[C@@H](C(=O)Nc2cccc(F)c2CC[C@H]2CN[C@@H]3CCCS(=O)(=O)N2C3)N(C)C(=O)O)CC1. The lowest BCUT2D eigenvalue weighted by molar-refractivity contribution is -0.121. The molecule has 10 nitrogen and oxygen atoms in total. The van der Waals surface area contributed by atoms with E-state index in [2.05, 4.69) is 10.6 Å². The Hall–Kier alpha value is -2.77. The van der Waals surface area contributed by atoms with Crippen molar-refractivity contribution in [1.82, 2.24) is 14.5 Å². The molecule has 2 bridgehead atoms. The van der Waals surface area contributed by atoms with Crippen molar-refractivity contribution in [3.63, 3.8) is 0 Å². The zero-order valence-corrected chi connectivity index (χ0v) is 27.9. The van der Waals surface area contributed by atoms with Crippen molar-refractivity contribution in [1.29, 1.82) is 0 Å². The second kappa shape index (κ2) is 15.0. The number of hydrogen-bond acceptors (Lipinski definition) is 6. The van der Waals surface area contributed by atoms with Gasteiger partial charge in [0.1, 0.15) is 11.9 Å². The summed E-state index contributed by atoms with van der Waals surface area (Å²) in [6.45, 7) is 0.870. The Morgan fingerprint density at radius 2 is 1.87 bits per heavy atom. The molecule has 2 amide bonds. The molecule has 2 aliphatic heterocycles. The Kier molecular flexibility index (Phi) is 11.3. The van der Waals surface area contributed by atoms with Gasteiger partial charge in [-0.1, -0.05) is 29.8 Å². The molecule has 0 spiro atoms. The second-order valence-electron chi connectivity index (χ2n) is 12.8. The molecule has 1 unspecified atom stereocenters. The summed E-state index contributed by atoms with van der Waals surface area (Å²) >= 11 is 6.20. The van der Waals surface area contributed by atoms with Gasteiger partial charge in [0, 0.05) is 61.5 Å². The van der Waals surface area contributed by atoms with Crippen LogP contribution in [0.5, 0.6) is 0 Å². The zero-order chi connectivity index (χ0) is 33.0. The third-order valence-electron chi connectivity index (χ3n) is 10.0. The number of amides is 2. The second-order valence-corrected chi connectivity index (χ2v) is 15.2. The summed E-state index contributed by atoms with van der Waals surface area (Å²) in [5, 5.41) is 17.0. The highest BCUT2D eigenvalue weighted by Gasteiger charge is 2.42. The Morgan fingerprint density at radius 1 is 1.15 bits per heavy atom. The summed E-state index contributed by atoms with van der Waals surface area (Å²) in [7, 11) is -0.351. The first kappa shape index (κ1) is 34.6. The fourth-order valence-corrected chi connectivity index (χ4v) is 9.41. The highest BCUT2D eigenvalue weighted by Crippen LogP contribution is 2.41. The van der Waals surface area contributed by atoms with Gasteiger partial charge in [-0.25, -0.2) is 17.6 Å². The van der Waals surface area contributed by atoms with E-state index >= 15 is 4.39 Å². The smallest absolute Gasteiger partial charge is 0.407 e. The molecule has 3 fully saturated rings. The monoisotopic (exact) mass is 678 g/mol. The van der Waals surface area contributed by atoms with E-state index in [4.69, 9.17) is 16.3 Å². The van der Waals surface area contributed by atoms with Crippen molar-refractivity contribution >= 4 is 39.3 Å². The van der Waals surface area contributed by atoms with Gasteiger partial charge in [-0.05, 0) is 87.1 Å². The third kappa shape index (κ3) is 7.84. The molecule has 13 heteroatoms. The Morgan fingerprint density at radius 3 is 2.54 bits per heavy atom. The van der Waals surface area contributed by atoms with Crippen LogP contribution in [-0.2, 0) is 26.0 Å². The first-order valence-electron chi connectivity index (χ1n) is 16.0. The molecule has 46 heavy (non-hydrogen) atoms. The molecule has 2 heterocycles. The highest BCUT2D eigenvalue weighted by atomic mass is 35.5. The number of carbonyl (C=O) groups excluding carboxylic acids is 1. The van der Waals surface area contributed by atoms with E-state index < -0.39 is 39.8 Å². The molecule has 5 rings (SSSR count). The number of likely N-dealkylation sites (N-methyl/N-ethyl adjacent to an activating group) is 1. The standard InChI is InChI=1S/C33H44ClFN4O6S/c1-38(33(41)42)31(30(21-8-12-23(34)13-9-21)22-10-15-26(45-2)16-11-22)32(40)37-29-7-3-6-28(35)27(29)17-14-25-19-36-24-5-4-18-46(43,44)39(25)20-24/h3,6-9,12-13,22,24-26,30-31,36H,4-5,10-11,14-20H2,1-2H3,(H,37,40)(H,41,42)/t22?,24-,25+,26?,30+,31+/m1/s1. The average molecular weight is 679 g/mol. The maximum absolute atomic E-state index is 15.4. The van der Waals surface area contributed by atoms with Gasteiger partial charge >= 0.3 is 6.09 Å². The molecular weight excluding hydrogens is 635 g/mol. The van der Waals surface area contributed by atoms with Crippen LogP contribution < -0.4 is 10.6 Å². The van der Waals surface area contributed by atoms with Crippen LogP contribution in [0.4, 0.5) is 14.9 Å². The normalized spacial score (nSPS) is 27.2. The molecular formula is C33H44ClFN4O6S. The molecule has 3 aliphatic rings. The molecule has 5 atom stereocenters. The van der Waals surface area contributed by atoms with Gasteiger partial charge in [0.15, 0.2) is 0 Å². The first-order chi connectivity index (χ1) is 22.0. The summed E-state index contributed by atoms with van der Waals surface area (Å²) in [6.07, 6.45) is 3.84. The van der Waals surface area contributed by atoms with Crippen molar-refractivity contribution in [2.75, 3.05) is 38.3 Å². The molecule has 3 N–H and O–H groups in total. The number of hydrogen-bond donors (Lipinski definition) is 3. The molecule has 1 saturated carbocycles. The number of rotatable bonds is 10. The van der Waals surface area contributed by atoms with Gasteiger partial charge in [0.05, 0.1) is 11.9 Å². The number of fused-ring (bicyclic) bond motifs is 2. The molecule has 2 aromatic carbocycles. The van der Waals surface area contributed by atoms with Gasteiger partial charge in [0.25, 0.3) is 0 Å². The number of nitrogens with one attached hydrogen (secondary N) is 2. The predicted octanol–water partition coefficient (Wildman–Crippen LogP) is 5.08.